The SMILES string of the molecule is C=C(F)C(=O)OC(OCCCC(F)(F)C(F)(F)S(=O)(=O)[O-])(C(=O)N(CC)C(C)C)C(F)(F)F. The van der Waals surface area contributed by atoms with Gasteiger partial charge in [0.05, 0.1) is 6.61 Å². The van der Waals surface area contributed by atoms with Crippen LogP contribution in [0.5, 0.6) is 0 Å². The fourth-order valence-corrected chi connectivity index (χ4v) is 2.82. The van der Waals surface area contributed by atoms with Crippen molar-refractivity contribution in [3.8, 4) is 0 Å². The predicted molar refractivity (Wildman–Crippen MR) is 92.4 cm³/mol. The molecule has 0 aromatic rings. The third-order valence-electron chi connectivity index (χ3n) is 4.02. The van der Waals surface area contributed by atoms with Gasteiger partial charge in [0.1, 0.15) is 0 Å². The summed E-state index contributed by atoms with van der Waals surface area (Å²) in [4.78, 5) is 24.5. The minimum Gasteiger partial charge on any atom is -0.743 e. The summed E-state index contributed by atoms with van der Waals surface area (Å²) in [6.45, 7) is 4.03. The van der Waals surface area contributed by atoms with Crippen molar-refractivity contribution in [3.63, 3.8) is 0 Å². The van der Waals surface area contributed by atoms with E-state index in [2.05, 4.69) is 16.1 Å². The van der Waals surface area contributed by atoms with Crippen LogP contribution in [0.25, 0.3) is 0 Å². The molecule has 1 atom stereocenters. The summed E-state index contributed by atoms with van der Waals surface area (Å²) in [6.07, 6.45) is -9.59. The molecule has 0 saturated heterocycles. The number of amides is 1. The number of alkyl halides is 7. The second-order valence-electron chi connectivity index (χ2n) is 6.72. The largest absolute Gasteiger partial charge is 0.743 e. The van der Waals surface area contributed by atoms with E-state index in [4.69, 9.17) is 0 Å². The third kappa shape index (κ3) is 6.75. The van der Waals surface area contributed by atoms with Gasteiger partial charge in [-0.2, -0.15) is 35.1 Å². The number of ether oxygens (including phenoxy) is 2. The summed E-state index contributed by atoms with van der Waals surface area (Å²) in [6, 6.07) is -0.967. The summed E-state index contributed by atoms with van der Waals surface area (Å²) in [5.74, 6) is -16.7. The van der Waals surface area contributed by atoms with Crippen LogP contribution in [0.4, 0.5) is 35.1 Å². The molecule has 0 fully saturated rings. The Balaban J connectivity index is 6.06. The zero-order valence-electron chi connectivity index (χ0n) is 17.3. The molecule has 0 aliphatic heterocycles. The van der Waals surface area contributed by atoms with Crippen molar-refractivity contribution in [2.75, 3.05) is 13.2 Å². The van der Waals surface area contributed by atoms with Crippen molar-refractivity contribution < 1.29 is 67.2 Å². The van der Waals surface area contributed by atoms with Gasteiger partial charge in [0.2, 0.25) is 5.83 Å². The Hall–Kier alpha value is -2.01. The Morgan fingerprint density at radius 2 is 1.58 bits per heavy atom. The summed E-state index contributed by atoms with van der Waals surface area (Å²) in [7, 11) is -6.85. The van der Waals surface area contributed by atoms with Crippen LogP contribution < -0.4 is 0 Å². The number of halogens is 8. The minimum atomic E-state index is -6.85. The zero-order valence-corrected chi connectivity index (χ0v) is 18.2. The highest BCUT2D eigenvalue weighted by molar-refractivity contribution is 7.86. The highest BCUT2D eigenvalue weighted by Crippen LogP contribution is 2.42. The van der Waals surface area contributed by atoms with Gasteiger partial charge in [0.25, 0.3) is 0 Å². The Labute approximate surface area is 183 Å². The monoisotopic (exact) mass is 522 g/mol. The molecule has 17 heteroatoms. The smallest absolute Gasteiger partial charge is 0.466 e. The maximum absolute atomic E-state index is 13.8. The lowest BCUT2D eigenvalue weighted by Crippen LogP contribution is -2.63. The van der Waals surface area contributed by atoms with Crippen LogP contribution in [-0.2, 0) is 29.2 Å². The first-order valence-corrected chi connectivity index (χ1v) is 10.3. The van der Waals surface area contributed by atoms with Gasteiger partial charge in [-0.15, -0.1) is 0 Å². The molecule has 0 aromatic heterocycles. The van der Waals surface area contributed by atoms with E-state index in [1.54, 1.807) is 0 Å². The van der Waals surface area contributed by atoms with E-state index in [-0.39, 0.29) is 0 Å². The van der Waals surface area contributed by atoms with Gasteiger partial charge in [-0.05, 0) is 27.2 Å². The highest BCUT2D eigenvalue weighted by Gasteiger charge is 2.68. The molecule has 0 spiro atoms. The van der Waals surface area contributed by atoms with Gasteiger partial charge < -0.3 is 18.9 Å². The van der Waals surface area contributed by atoms with Gasteiger partial charge in [0.15, 0.2) is 10.1 Å². The van der Waals surface area contributed by atoms with Crippen LogP contribution in [0.15, 0.2) is 12.4 Å². The highest BCUT2D eigenvalue weighted by atomic mass is 32.2. The number of carbonyl (C=O) groups is 2. The lowest BCUT2D eigenvalue weighted by molar-refractivity contribution is -0.351. The van der Waals surface area contributed by atoms with Gasteiger partial charge in [0, 0.05) is 19.0 Å². The first kappa shape index (κ1) is 31.0. The quantitative estimate of drug-likeness (QED) is 0.0967. The van der Waals surface area contributed by atoms with E-state index < -0.39 is 83.0 Å². The lowest BCUT2D eigenvalue weighted by atomic mass is 10.1. The minimum absolute atomic E-state index is 0.419. The second kappa shape index (κ2) is 10.5. The number of hydrogen-bond acceptors (Lipinski definition) is 7. The fourth-order valence-electron chi connectivity index (χ4n) is 2.35. The topological polar surface area (TPSA) is 113 Å². The van der Waals surface area contributed by atoms with Crippen molar-refractivity contribution >= 4 is 22.0 Å². The normalized spacial score (nSPS) is 15.2. The number of hydrogen-bond donors (Lipinski definition) is 0. The Morgan fingerprint density at radius 1 is 1.09 bits per heavy atom. The molecule has 1 unspecified atom stereocenters. The first-order valence-electron chi connectivity index (χ1n) is 8.89. The van der Waals surface area contributed by atoms with Crippen LogP contribution in [0.3, 0.4) is 0 Å². The first-order chi connectivity index (χ1) is 14.6. The molecule has 194 valence electrons. The number of nitrogens with zero attached hydrogens (tertiary/aromatic N) is 1. The molecule has 0 saturated carbocycles. The average Bonchev–Trinajstić information content (AvgIpc) is 2.61. The Bertz CT molecular complexity index is 844. The molecule has 1 amide bonds. The molecule has 33 heavy (non-hydrogen) atoms. The summed E-state index contributed by atoms with van der Waals surface area (Å²) >= 11 is 0. The maximum Gasteiger partial charge on any atom is 0.466 e. The summed E-state index contributed by atoms with van der Waals surface area (Å²) < 4.78 is 147. The zero-order chi connectivity index (χ0) is 26.6. The predicted octanol–water partition coefficient (Wildman–Crippen LogP) is 3.10. The molecule has 0 aliphatic rings. The fraction of sp³-hybridized carbons (Fsp3) is 0.750. The van der Waals surface area contributed by atoms with Crippen LogP contribution in [0, 0.1) is 0 Å². The lowest BCUT2D eigenvalue weighted by Gasteiger charge is -2.38. The van der Waals surface area contributed by atoms with E-state index in [1.807, 2.05) is 0 Å². The molecule has 8 nitrogen and oxygen atoms in total. The van der Waals surface area contributed by atoms with E-state index in [9.17, 15) is 57.7 Å². The van der Waals surface area contributed by atoms with E-state index >= 15 is 0 Å². The van der Waals surface area contributed by atoms with Crippen molar-refractivity contribution in [2.45, 2.75) is 62.8 Å². The van der Waals surface area contributed by atoms with E-state index in [0.717, 1.165) is 0 Å². The van der Waals surface area contributed by atoms with Crippen molar-refractivity contribution in [2.24, 2.45) is 0 Å². The molecule has 0 N–H and O–H groups in total. The van der Waals surface area contributed by atoms with Crippen LogP contribution in [0.1, 0.15) is 33.6 Å². The molecule has 0 aromatic carbocycles. The van der Waals surface area contributed by atoms with E-state index in [1.165, 1.54) is 20.8 Å². The van der Waals surface area contributed by atoms with Gasteiger partial charge in [-0.3, -0.25) is 4.79 Å². The molecule has 0 rings (SSSR count). The molecule has 0 bridgehead atoms. The van der Waals surface area contributed by atoms with Crippen molar-refractivity contribution in [1.29, 1.82) is 0 Å². The Morgan fingerprint density at radius 3 is 1.91 bits per heavy atom. The van der Waals surface area contributed by atoms with Crippen LogP contribution in [-0.4, -0.2) is 72.1 Å². The van der Waals surface area contributed by atoms with Gasteiger partial charge in [-0.1, -0.05) is 6.58 Å². The molecular weight excluding hydrogens is 502 g/mol. The number of rotatable bonds is 12. The molecule has 0 heterocycles. The summed E-state index contributed by atoms with van der Waals surface area (Å²) in [5.41, 5.74) is 0. The van der Waals surface area contributed by atoms with Crippen LogP contribution in [0.2, 0.25) is 0 Å². The van der Waals surface area contributed by atoms with E-state index in [0.29, 0.717) is 4.90 Å². The number of esters is 1. The molecule has 0 radical (unpaired) electrons. The summed E-state index contributed by atoms with van der Waals surface area (Å²) in [5, 5.41) is -6.11. The van der Waals surface area contributed by atoms with Crippen LogP contribution >= 0.6 is 0 Å². The number of carbonyl (C=O) groups excluding carboxylic acids is 2. The average molecular weight is 522 g/mol. The van der Waals surface area contributed by atoms with Gasteiger partial charge >= 0.3 is 35.0 Å². The van der Waals surface area contributed by atoms with Crippen molar-refractivity contribution in [1.82, 2.24) is 4.90 Å². The standard InChI is InChI=1S/C16H21F8NO7S/c1-5-25(9(2)3)12(27)14(15(20,21)22,32-11(26)10(4)17)31-8-6-7-13(18,19)16(23,24)33(28,29)30/h9H,4-8H2,1-3H3,(H,28,29,30)/p-1. The Kier molecular flexibility index (Phi) is 9.86. The molecular formula is C16H20F8NO7S-. The number of likely N-dealkylation sites (N-methyl/N-ethyl adjacent to an activating group) is 1. The van der Waals surface area contributed by atoms with Crippen molar-refractivity contribution in [3.05, 3.63) is 12.4 Å². The third-order valence-corrected chi connectivity index (χ3v) is 4.94. The van der Waals surface area contributed by atoms with Gasteiger partial charge in [-0.25, -0.2) is 13.2 Å². The molecule has 0 aliphatic carbocycles. The maximum atomic E-state index is 13.8. The second-order valence-corrected chi connectivity index (χ2v) is 8.14.